The molecule has 2 heterocycles. The summed E-state index contributed by atoms with van der Waals surface area (Å²) in [4.78, 5) is 95.5. The van der Waals surface area contributed by atoms with Crippen LogP contribution in [0, 0.1) is 23.7 Å². The highest BCUT2D eigenvalue weighted by atomic mass is 32.1. The first-order valence-electron chi connectivity index (χ1n) is 24.6. The Morgan fingerprint density at radius 2 is 1.57 bits per heavy atom. The van der Waals surface area contributed by atoms with E-state index in [0.717, 1.165) is 17.0 Å². The molecule has 70 heavy (non-hydrogen) atoms. The third-order valence-corrected chi connectivity index (χ3v) is 14.1. The van der Waals surface area contributed by atoms with Crippen LogP contribution >= 0.6 is 11.3 Å². The summed E-state index contributed by atoms with van der Waals surface area (Å²) in [6.45, 7) is 14.6. The molecule has 1 aliphatic heterocycles. The lowest BCUT2D eigenvalue weighted by molar-refractivity contribution is -0.148. The standard InChI is InChI=1S/C50H82N8O11S/c1-12-34(6)45(57(9)50(64)43(32(2)3)55-48(63)44(33(4)5)56(8)41(60)20-24-67-26-27-68-25-21-52-40(59)31-69-51)39(65-10)30-42(61)58-23-16-19-38(58)46(66-11)35(7)47(62)54-37(49-53-22-28-70-49)29-36-17-14-13-15-18-36/h13-15,17-18,22,28,32-35,37-39,43-46H,12,16,19-21,23-27,29-31,51H2,1-11H3,(H,52,59)(H,54,62)(H,55,63)/t34-,35+,37?,38-,39+,43-,44-,45-,46+/m0/s1. The van der Waals surface area contributed by atoms with Crippen molar-refractivity contribution in [3.8, 4) is 0 Å². The number of aromatic nitrogens is 1. The fraction of sp³-hybridized carbons (Fsp3) is 0.700. The van der Waals surface area contributed by atoms with Gasteiger partial charge in [-0.1, -0.05) is 85.2 Å². The summed E-state index contributed by atoms with van der Waals surface area (Å²) in [7, 11) is 6.37. The van der Waals surface area contributed by atoms with Gasteiger partial charge in [0.2, 0.25) is 35.4 Å². The number of nitrogens with one attached hydrogen (secondary N) is 3. The van der Waals surface area contributed by atoms with Crippen molar-refractivity contribution in [3.63, 3.8) is 0 Å². The van der Waals surface area contributed by atoms with Crippen molar-refractivity contribution in [1.29, 1.82) is 0 Å². The third kappa shape index (κ3) is 17.9. The molecule has 2 aromatic rings. The molecule has 1 aliphatic rings. The van der Waals surface area contributed by atoms with Gasteiger partial charge in [-0.3, -0.25) is 33.6 Å². The molecule has 394 valence electrons. The predicted octanol–water partition coefficient (Wildman–Crippen LogP) is 3.52. The second-order valence-corrected chi connectivity index (χ2v) is 19.7. The molecule has 19 nitrogen and oxygen atoms in total. The van der Waals surface area contributed by atoms with Crippen molar-refractivity contribution in [1.82, 2.24) is 35.6 Å². The Labute approximate surface area is 419 Å². The maximum absolute atomic E-state index is 14.6. The minimum Gasteiger partial charge on any atom is -0.379 e. The molecule has 1 aromatic carbocycles. The number of amides is 6. The quantitative estimate of drug-likeness (QED) is 0.0608. The summed E-state index contributed by atoms with van der Waals surface area (Å²) in [6, 6.07) is 6.86. The van der Waals surface area contributed by atoms with Crippen LogP contribution in [0.5, 0.6) is 0 Å². The number of likely N-dealkylation sites (tertiary alicyclic amines) is 1. The summed E-state index contributed by atoms with van der Waals surface area (Å²) in [5.41, 5.74) is 1.07. The molecule has 1 aromatic heterocycles. The number of carbonyl (C=O) groups is 6. The third-order valence-electron chi connectivity index (χ3n) is 13.2. The molecular weight excluding hydrogens is 921 g/mol. The van der Waals surface area contributed by atoms with Gasteiger partial charge in [-0.25, -0.2) is 10.9 Å². The second-order valence-electron chi connectivity index (χ2n) is 18.8. The van der Waals surface area contributed by atoms with Crippen LogP contribution in [-0.4, -0.2) is 166 Å². The number of hydrogen-bond acceptors (Lipinski definition) is 14. The van der Waals surface area contributed by atoms with Crippen molar-refractivity contribution in [2.45, 2.75) is 129 Å². The number of hydrogen-bond donors (Lipinski definition) is 4. The van der Waals surface area contributed by atoms with E-state index in [1.165, 1.54) is 23.3 Å². The van der Waals surface area contributed by atoms with Gasteiger partial charge in [0.25, 0.3) is 0 Å². The van der Waals surface area contributed by atoms with Crippen molar-refractivity contribution in [3.05, 3.63) is 52.5 Å². The van der Waals surface area contributed by atoms with Crippen LogP contribution in [-0.2, 0) is 59.0 Å². The molecule has 1 saturated heterocycles. The molecule has 0 bridgehead atoms. The van der Waals surface area contributed by atoms with Crippen LogP contribution in [0.2, 0.25) is 0 Å². The Morgan fingerprint density at radius 1 is 0.886 bits per heavy atom. The summed E-state index contributed by atoms with van der Waals surface area (Å²) in [5, 5.41) is 11.5. The minimum atomic E-state index is -0.950. The Kier molecular flexibility index (Phi) is 26.5. The first-order chi connectivity index (χ1) is 33.4. The van der Waals surface area contributed by atoms with Gasteiger partial charge in [0.15, 0.2) is 0 Å². The number of likely N-dealkylation sites (N-methyl/N-ethyl adjacent to an activating group) is 2. The average molecular weight is 1000 g/mol. The highest BCUT2D eigenvalue weighted by molar-refractivity contribution is 7.09. The molecule has 1 unspecified atom stereocenters. The predicted molar refractivity (Wildman–Crippen MR) is 267 cm³/mol. The van der Waals surface area contributed by atoms with E-state index in [2.05, 4.69) is 25.8 Å². The normalized spacial score (nSPS) is 17.2. The fourth-order valence-electron chi connectivity index (χ4n) is 9.17. The number of ether oxygens (including phenoxy) is 4. The number of thiazole rings is 1. The largest absolute Gasteiger partial charge is 0.379 e. The number of benzene rings is 1. The number of rotatable bonds is 32. The lowest BCUT2D eigenvalue weighted by Crippen LogP contribution is -2.60. The van der Waals surface area contributed by atoms with Gasteiger partial charge in [-0.05, 0) is 42.6 Å². The van der Waals surface area contributed by atoms with Gasteiger partial charge in [-0.2, -0.15) is 0 Å². The Bertz CT molecular complexity index is 1890. The van der Waals surface area contributed by atoms with E-state index in [1.807, 2.05) is 84.2 Å². The molecule has 3 rings (SSSR count). The molecule has 0 radical (unpaired) electrons. The van der Waals surface area contributed by atoms with Crippen molar-refractivity contribution >= 4 is 46.8 Å². The van der Waals surface area contributed by atoms with Crippen molar-refractivity contribution in [2.24, 2.45) is 29.6 Å². The zero-order chi connectivity index (χ0) is 51.9. The van der Waals surface area contributed by atoms with E-state index < -0.39 is 42.2 Å². The maximum atomic E-state index is 14.6. The van der Waals surface area contributed by atoms with Crippen LogP contribution < -0.4 is 21.8 Å². The highest BCUT2D eigenvalue weighted by Crippen LogP contribution is 2.31. The minimum absolute atomic E-state index is 0.0211. The lowest BCUT2D eigenvalue weighted by Gasteiger charge is -2.41. The average Bonchev–Trinajstić information content (AvgIpc) is 4.06. The van der Waals surface area contributed by atoms with Crippen LogP contribution in [0.3, 0.4) is 0 Å². The highest BCUT2D eigenvalue weighted by Gasteiger charge is 2.43. The molecule has 5 N–H and O–H groups in total. The molecule has 0 aliphatic carbocycles. The summed E-state index contributed by atoms with van der Waals surface area (Å²) >= 11 is 1.49. The summed E-state index contributed by atoms with van der Waals surface area (Å²) in [5.74, 6) is 1.73. The van der Waals surface area contributed by atoms with Gasteiger partial charge < -0.3 is 49.6 Å². The zero-order valence-electron chi connectivity index (χ0n) is 43.3. The van der Waals surface area contributed by atoms with Crippen molar-refractivity contribution in [2.75, 3.05) is 74.4 Å². The molecule has 1 fully saturated rings. The van der Waals surface area contributed by atoms with Crippen LogP contribution in [0.25, 0.3) is 0 Å². The number of nitrogens with two attached hydrogens (primary N) is 1. The Morgan fingerprint density at radius 3 is 2.16 bits per heavy atom. The molecule has 20 heteroatoms. The van der Waals surface area contributed by atoms with Crippen LogP contribution in [0.1, 0.15) is 97.2 Å². The van der Waals surface area contributed by atoms with Gasteiger partial charge >= 0.3 is 0 Å². The number of methoxy groups -OCH3 is 2. The molecule has 0 spiro atoms. The number of carbonyl (C=O) groups excluding carboxylic acids is 6. The van der Waals surface area contributed by atoms with E-state index in [9.17, 15) is 28.8 Å². The van der Waals surface area contributed by atoms with Crippen LogP contribution in [0.15, 0.2) is 41.9 Å². The maximum Gasteiger partial charge on any atom is 0.248 e. The fourth-order valence-corrected chi connectivity index (χ4v) is 9.85. The molecule has 9 atom stereocenters. The molecule has 6 amide bonds. The van der Waals surface area contributed by atoms with Gasteiger partial charge in [-0.15, -0.1) is 11.3 Å². The van der Waals surface area contributed by atoms with Gasteiger partial charge in [0, 0.05) is 53.0 Å². The smallest absolute Gasteiger partial charge is 0.248 e. The summed E-state index contributed by atoms with van der Waals surface area (Å²) < 4.78 is 23.2. The topological polar surface area (TPSA) is 233 Å². The Balaban J connectivity index is 1.68. The monoisotopic (exact) mass is 1000 g/mol. The van der Waals surface area contributed by atoms with Gasteiger partial charge in [0.05, 0.1) is 75.5 Å². The molecular formula is C50H82N8O11S. The van der Waals surface area contributed by atoms with E-state index in [4.69, 9.17) is 24.8 Å². The zero-order valence-corrected chi connectivity index (χ0v) is 44.2. The molecule has 0 saturated carbocycles. The lowest BCUT2D eigenvalue weighted by atomic mass is 9.89. The van der Waals surface area contributed by atoms with E-state index in [-0.39, 0.29) is 112 Å². The van der Waals surface area contributed by atoms with Crippen LogP contribution in [0.4, 0.5) is 0 Å². The van der Waals surface area contributed by atoms with Crippen molar-refractivity contribution < 1.29 is 52.6 Å². The first-order valence-corrected chi connectivity index (χ1v) is 25.4. The Hall–Kier alpha value is -4.57. The van der Waals surface area contributed by atoms with E-state index in [1.54, 1.807) is 37.2 Å². The number of nitrogens with zero attached hydrogens (tertiary/aromatic N) is 4. The van der Waals surface area contributed by atoms with E-state index in [0.29, 0.717) is 25.8 Å². The van der Waals surface area contributed by atoms with Gasteiger partial charge in [0.1, 0.15) is 23.7 Å². The first kappa shape index (κ1) is 59.7. The second kappa shape index (κ2) is 31.0. The SMILES string of the molecule is CC[C@H](C)[C@@H]([C@@H](CC(=O)N1CCC[C@H]1[C@H](OC)[C@@H](C)C(=O)NC(Cc1ccccc1)c1nccs1)OC)N(C)C(=O)[C@@H](NC(=O)[C@H](C(C)C)N(C)C(=O)CCOCCOCCNC(=O)CON)C(C)C. The van der Waals surface area contributed by atoms with E-state index >= 15 is 0 Å². The summed E-state index contributed by atoms with van der Waals surface area (Å²) in [6.07, 6.45) is 3.07.